The van der Waals surface area contributed by atoms with E-state index in [-0.39, 0.29) is 43.9 Å². The van der Waals surface area contributed by atoms with Gasteiger partial charge >= 0.3 is 16.4 Å². The number of carboxylic acids is 1. The zero-order valence-corrected chi connectivity index (χ0v) is 18.5. The molecule has 0 aromatic rings. The first-order valence-corrected chi connectivity index (χ1v) is 11.5. The maximum absolute atomic E-state index is 10.6. The van der Waals surface area contributed by atoms with Crippen LogP contribution in [0.15, 0.2) is 0 Å². The second-order valence-corrected chi connectivity index (χ2v) is 8.00. The van der Waals surface area contributed by atoms with Gasteiger partial charge < -0.3 is 20.4 Å². The van der Waals surface area contributed by atoms with E-state index in [1.165, 1.54) is 39.0 Å². The summed E-state index contributed by atoms with van der Waals surface area (Å²) in [6.45, 7) is 3.07. The van der Waals surface area contributed by atoms with E-state index in [1.54, 1.807) is 0 Å². The molecule has 0 aromatic carbocycles. The Morgan fingerprint density at radius 3 is 1.66 bits per heavy atom. The Hall–Kier alpha value is -0.820. The van der Waals surface area contributed by atoms with Crippen molar-refractivity contribution in [3.05, 3.63) is 0 Å². The molecule has 0 aliphatic rings. The van der Waals surface area contributed by atoms with Gasteiger partial charge in [0.1, 0.15) is 19.6 Å². The van der Waals surface area contributed by atoms with Gasteiger partial charge in [-0.2, -0.15) is 12.6 Å². The number of unbranched alkanes of at least 4 members (excludes halogenated alkanes) is 6. The third-order valence-corrected chi connectivity index (χ3v) is 5.18. The lowest BCUT2D eigenvalue weighted by atomic mass is 10.1. The number of hydrogen-bond acceptors (Lipinski definition) is 7. The molecular formula is C18H40NO9S+. The fourth-order valence-corrected chi connectivity index (χ4v) is 3.51. The van der Waals surface area contributed by atoms with Crippen molar-refractivity contribution in [2.75, 3.05) is 39.5 Å². The summed E-state index contributed by atoms with van der Waals surface area (Å²) in [6.07, 6.45) is 7.63. The average Bonchev–Trinajstić information content (AvgIpc) is 2.60. The highest BCUT2D eigenvalue weighted by atomic mass is 32.3. The van der Waals surface area contributed by atoms with Crippen molar-refractivity contribution in [1.29, 1.82) is 0 Å². The molecule has 0 saturated carbocycles. The van der Waals surface area contributed by atoms with Crippen LogP contribution >= 0.6 is 0 Å². The molecule has 0 spiro atoms. The second-order valence-electron chi connectivity index (χ2n) is 6.95. The molecule has 176 valence electrons. The van der Waals surface area contributed by atoms with Crippen LogP contribution in [0.25, 0.3) is 0 Å². The summed E-state index contributed by atoms with van der Waals surface area (Å²) in [6, 6.07) is 0. The van der Waals surface area contributed by atoms with Crippen molar-refractivity contribution in [3.8, 4) is 0 Å². The molecule has 5 N–H and O–H groups in total. The van der Waals surface area contributed by atoms with Crippen molar-refractivity contribution < 1.29 is 46.9 Å². The zero-order chi connectivity index (χ0) is 22.8. The normalized spacial score (nSPS) is 12.9. The van der Waals surface area contributed by atoms with Gasteiger partial charge in [0.15, 0.2) is 0 Å². The standard InChI is InChI=1S/C10H20O2.C8H19NO7S/c1-2-3-4-5-6-7-8-9-10(11)12;1-8(16-17(13,14)15)9(2-5-10,3-6-11)4-7-12/h2-9H2,1H3,(H,11,12);8,10-12H,2-7H2,1H3/p+1. The van der Waals surface area contributed by atoms with E-state index in [4.69, 9.17) is 25.0 Å². The first kappa shape index (κ1) is 30.4. The lowest BCUT2D eigenvalue weighted by molar-refractivity contribution is -0.966. The Kier molecular flexibility index (Phi) is 18.8. The molecule has 0 fully saturated rings. The smallest absolute Gasteiger partial charge is 0.402 e. The molecule has 11 heteroatoms. The molecule has 29 heavy (non-hydrogen) atoms. The lowest BCUT2D eigenvalue weighted by Crippen LogP contribution is -2.59. The van der Waals surface area contributed by atoms with Crippen molar-refractivity contribution in [2.24, 2.45) is 0 Å². The summed E-state index contributed by atoms with van der Waals surface area (Å²) in [5, 5.41) is 35.2. The van der Waals surface area contributed by atoms with E-state index in [0.29, 0.717) is 6.42 Å². The molecule has 0 aliphatic heterocycles. The highest BCUT2D eigenvalue weighted by molar-refractivity contribution is 7.80. The van der Waals surface area contributed by atoms with Gasteiger partial charge in [-0.15, -0.1) is 0 Å². The Morgan fingerprint density at radius 1 is 0.897 bits per heavy atom. The van der Waals surface area contributed by atoms with Gasteiger partial charge in [0, 0.05) is 13.3 Å². The zero-order valence-electron chi connectivity index (χ0n) is 17.7. The summed E-state index contributed by atoms with van der Waals surface area (Å²) >= 11 is 0. The maximum Gasteiger partial charge on any atom is 0.402 e. The summed E-state index contributed by atoms with van der Waals surface area (Å²) in [5.41, 5.74) is 0. The van der Waals surface area contributed by atoms with Crippen LogP contribution in [0.3, 0.4) is 0 Å². The van der Waals surface area contributed by atoms with Crippen LogP contribution in [0.2, 0.25) is 0 Å². The summed E-state index contributed by atoms with van der Waals surface area (Å²) in [7, 11) is -4.62. The Morgan fingerprint density at radius 2 is 1.31 bits per heavy atom. The van der Waals surface area contributed by atoms with Gasteiger partial charge in [0.25, 0.3) is 0 Å². The van der Waals surface area contributed by atoms with Crippen LogP contribution in [0.5, 0.6) is 0 Å². The molecule has 0 heterocycles. The van der Waals surface area contributed by atoms with E-state index in [0.717, 1.165) is 12.8 Å². The fraction of sp³-hybridized carbons (Fsp3) is 0.944. The first-order chi connectivity index (χ1) is 13.6. The fourth-order valence-electron chi connectivity index (χ4n) is 2.98. The van der Waals surface area contributed by atoms with Gasteiger partial charge in [-0.25, -0.2) is 0 Å². The van der Waals surface area contributed by atoms with Crippen molar-refractivity contribution >= 4 is 16.4 Å². The molecule has 0 bridgehead atoms. The molecule has 1 unspecified atom stereocenters. The molecule has 0 radical (unpaired) electrons. The molecule has 10 nitrogen and oxygen atoms in total. The molecule has 0 aromatic heterocycles. The third-order valence-electron chi connectivity index (χ3n) is 4.66. The number of carbonyl (C=O) groups is 1. The quantitative estimate of drug-likeness (QED) is 0.0955. The van der Waals surface area contributed by atoms with Crippen molar-refractivity contribution in [1.82, 2.24) is 0 Å². The first-order valence-electron chi connectivity index (χ1n) is 10.1. The number of aliphatic hydroxyl groups is 3. The molecule has 0 rings (SSSR count). The molecule has 1 atom stereocenters. The number of carboxylic acid groups (broad SMARTS) is 1. The van der Waals surface area contributed by atoms with Gasteiger partial charge in [0.2, 0.25) is 6.23 Å². The Balaban J connectivity index is 0. The van der Waals surface area contributed by atoms with E-state index in [9.17, 15) is 13.2 Å². The van der Waals surface area contributed by atoms with E-state index < -0.39 is 22.6 Å². The number of hydrogen-bond donors (Lipinski definition) is 5. The van der Waals surface area contributed by atoms with Crippen LogP contribution in [0.1, 0.15) is 65.2 Å². The third kappa shape index (κ3) is 17.7. The van der Waals surface area contributed by atoms with Crippen LogP contribution in [0.4, 0.5) is 0 Å². The monoisotopic (exact) mass is 446 g/mol. The number of quaternary nitrogens is 1. The Labute approximate surface area is 174 Å². The predicted molar refractivity (Wildman–Crippen MR) is 108 cm³/mol. The van der Waals surface area contributed by atoms with Crippen molar-refractivity contribution in [3.63, 3.8) is 0 Å². The van der Waals surface area contributed by atoms with Crippen LogP contribution in [-0.4, -0.2) is 89.5 Å². The topological polar surface area (TPSA) is 162 Å². The van der Waals surface area contributed by atoms with Crippen LogP contribution < -0.4 is 0 Å². The molecule has 0 aliphatic carbocycles. The van der Waals surface area contributed by atoms with Crippen LogP contribution in [-0.2, 0) is 19.4 Å². The average molecular weight is 447 g/mol. The SMILES string of the molecule is CC(OS(=O)(=O)O)[N+](CCO)(CCO)CCO.CCCCCCCCCC(=O)O. The molecule has 0 saturated heterocycles. The van der Waals surface area contributed by atoms with Gasteiger partial charge in [-0.3, -0.25) is 13.8 Å². The number of rotatable bonds is 17. The highest BCUT2D eigenvalue weighted by Gasteiger charge is 2.36. The molecular weight excluding hydrogens is 406 g/mol. The minimum Gasteiger partial charge on any atom is -0.481 e. The summed E-state index contributed by atoms with van der Waals surface area (Å²) in [4.78, 5) is 10.1. The van der Waals surface area contributed by atoms with Crippen LogP contribution in [0, 0.1) is 0 Å². The van der Waals surface area contributed by atoms with Crippen molar-refractivity contribution in [2.45, 2.75) is 71.4 Å². The van der Waals surface area contributed by atoms with Gasteiger partial charge in [-0.1, -0.05) is 45.4 Å². The van der Waals surface area contributed by atoms with E-state index in [1.807, 2.05) is 0 Å². The minimum absolute atomic E-state index is 0.0950. The van der Waals surface area contributed by atoms with Gasteiger partial charge in [0.05, 0.1) is 19.8 Å². The summed E-state index contributed by atoms with van der Waals surface area (Å²) in [5.74, 6) is -0.663. The second kappa shape index (κ2) is 18.0. The summed E-state index contributed by atoms with van der Waals surface area (Å²) < 4.78 is 34.1. The van der Waals surface area contributed by atoms with E-state index >= 15 is 0 Å². The Bertz CT molecular complexity index is 483. The lowest BCUT2D eigenvalue weighted by Gasteiger charge is -2.40. The number of nitrogens with zero attached hydrogens (tertiary/aromatic N) is 1. The number of aliphatic hydroxyl groups excluding tert-OH is 3. The number of aliphatic carboxylic acids is 1. The predicted octanol–water partition coefficient (Wildman–Crippen LogP) is 1.16. The van der Waals surface area contributed by atoms with Gasteiger partial charge in [-0.05, 0) is 6.42 Å². The largest absolute Gasteiger partial charge is 0.481 e. The van der Waals surface area contributed by atoms with E-state index in [2.05, 4.69) is 11.1 Å². The molecule has 0 amide bonds. The highest BCUT2D eigenvalue weighted by Crippen LogP contribution is 2.16. The maximum atomic E-state index is 10.6. The minimum atomic E-state index is -4.62.